The second-order valence-electron chi connectivity index (χ2n) is 7.24. The molecule has 2 heterocycles. The highest BCUT2D eigenvalue weighted by atomic mass is 19.1. The van der Waals surface area contributed by atoms with E-state index < -0.39 is 17.4 Å². The van der Waals surface area contributed by atoms with Crippen molar-refractivity contribution in [2.45, 2.75) is 45.8 Å². The Kier molecular flexibility index (Phi) is 6.76. The molecule has 148 valence electrons. The molecule has 1 N–H and O–H groups in total. The van der Waals surface area contributed by atoms with Crippen molar-refractivity contribution in [3.05, 3.63) is 29.7 Å². The predicted octanol–water partition coefficient (Wildman–Crippen LogP) is 3.22. The minimum absolute atomic E-state index is 0.110. The van der Waals surface area contributed by atoms with Crippen molar-refractivity contribution in [3.8, 4) is 0 Å². The number of halogens is 1. The van der Waals surface area contributed by atoms with Crippen LogP contribution in [-0.2, 0) is 14.3 Å². The highest BCUT2D eigenvalue weighted by Gasteiger charge is 2.30. The van der Waals surface area contributed by atoms with Crippen LogP contribution in [0.4, 0.5) is 15.0 Å². The molecule has 1 amide bonds. The Morgan fingerprint density at radius 3 is 2.81 bits per heavy atom. The number of hydrogen-bond acceptors (Lipinski definition) is 6. The summed E-state index contributed by atoms with van der Waals surface area (Å²) in [5, 5.41) is 3.02. The Bertz CT molecular complexity index is 715. The molecule has 1 aliphatic heterocycles. The predicted molar refractivity (Wildman–Crippen MR) is 99.7 cm³/mol. The van der Waals surface area contributed by atoms with Crippen LogP contribution >= 0.6 is 0 Å². The lowest BCUT2D eigenvalue weighted by Gasteiger charge is -2.24. The standard InChI is InChI=1S/C19H26FN3O4/c1-5-26-16(24)7-6-13-10-15(20)17(21-11-13)22-14-8-9-23(12-14)18(25)27-19(2,3)4/h6-7,10-11,14H,5,8-9,12H2,1-4H3,(H,21,22)/t14-/m1/s1. The van der Waals surface area contributed by atoms with Gasteiger partial charge in [0.1, 0.15) is 5.60 Å². The van der Waals surface area contributed by atoms with Crippen LogP contribution in [0.1, 0.15) is 39.7 Å². The first-order valence-electron chi connectivity index (χ1n) is 8.93. The maximum atomic E-state index is 14.3. The molecule has 8 heteroatoms. The molecule has 2 rings (SSSR count). The summed E-state index contributed by atoms with van der Waals surface area (Å²) in [6.45, 7) is 8.38. The van der Waals surface area contributed by atoms with Crippen molar-refractivity contribution in [1.29, 1.82) is 0 Å². The van der Waals surface area contributed by atoms with Crippen LogP contribution in [-0.4, -0.2) is 53.3 Å². The summed E-state index contributed by atoms with van der Waals surface area (Å²) in [6.07, 6.45) is 4.42. The summed E-state index contributed by atoms with van der Waals surface area (Å²) in [6, 6.07) is 1.17. The van der Waals surface area contributed by atoms with Crippen LogP contribution in [0.3, 0.4) is 0 Å². The summed E-state index contributed by atoms with van der Waals surface area (Å²) in [4.78, 5) is 29.0. The van der Waals surface area contributed by atoms with Crippen LogP contribution < -0.4 is 5.32 Å². The maximum absolute atomic E-state index is 14.3. The van der Waals surface area contributed by atoms with Gasteiger partial charge in [-0.2, -0.15) is 0 Å². The fourth-order valence-corrected chi connectivity index (χ4v) is 2.57. The molecule has 1 atom stereocenters. The van der Waals surface area contributed by atoms with Crippen LogP contribution in [0.5, 0.6) is 0 Å². The molecule has 7 nitrogen and oxygen atoms in total. The van der Waals surface area contributed by atoms with Crippen LogP contribution in [0.2, 0.25) is 0 Å². The summed E-state index contributed by atoms with van der Waals surface area (Å²) < 4.78 is 24.4. The third kappa shape index (κ3) is 6.54. The molecule has 1 aliphatic rings. The summed E-state index contributed by atoms with van der Waals surface area (Å²) in [5.74, 6) is -0.913. The Hall–Kier alpha value is -2.64. The van der Waals surface area contributed by atoms with Crippen LogP contribution in [0.15, 0.2) is 18.3 Å². The van der Waals surface area contributed by atoms with Gasteiger partial charge in [-0.1, -0.05) is 0 Å². The van der Waals surface area contributed by atoms with Gasteiger partial charge in [0.15, 0.2) is 11.6 Å². The van der Waals surface area contributed by atoms with E-state index in [9.17, 15) is 14.0 Å². The molecule has 0 aromatic carbocycles. The van der Waals surface area contributed by atoms with E-state index in [1.165, 1.54) is 24.4 Å². The van der Waals surface area contributed by atoms with Gasteiger partial charge in [0.25, 0.3) is 0 Å². The fraction of sp³-hybridized carbons (Fsp3) is 0.526. The molecule has 1 aromatic rings. The average Bonchev–Trinajstić information content (AvgIpc) is 3.03. The molecule has 0 radical (unpaired) electrons. The van der Waals surface area contributed by atoms with E-state index in [2.05, 4.69) is 10.3 Å². The molecule has 0 bridgehead atoms. The monoisotopic (exact) mass is 379 g/mol. The Labute approximate surface area is 158 Å². The number of ether oxygens (including phenoxy) is 2. The topological polar surface area (TPSA) is 80.8 Å². The molecule has 0 aliphatic carbocycles. The van der Waals surface area contributed by atoms with Crippen LogP contribution in [0, 0.1) is 5.82 Å². The van der Waals surface area contributed by atoms with E-state index in [1.807, 2.05) is 20.8 Å². The number of anilines is 1. The second kappa shape index (κ2) is 8.83. The number of hydrogen-bond donors (Lipinski definition) is 1. The first-order valence-corrected chi connectivity index (χ1v) is 8.93. The van der Waals surface area contributed by atoms with Gasteiger partial charge in [-0.15, -0.1) is 0 Å². The van der Waals surface area contributed by atoms with Crippen molar-refractivity contribution in [2.75, 3.05) is 25.0 Å². The molecule has 1 saturated heterocycles. The number of likely N-dealkylation sites (tertiary alicyclic amines) is 1. The fourth-order valence-electron chi connectivity index (χ4n) is 2.57. The first kappa shape index (κ1) is 20.7. The van der Waals surface area contributed by atoms with Gasteiger partial charge >= 0.3 is 12.1 Å². The molecule has 27 heavy (non-hydrogen) atoms. The van der Waals surface area contributed by atoms with E-state index in [4.69, 9.17) is 9.47 Å². The summed E-state index contributed by atoms with van der Waals surface area (Å²) in [7, 11) is 0. The second-order valence-corrected chi connectivity index (χ2v) is 7.24. The molecular formula is C19H26FN3O4. The zero-order chi connectivity index (χ0) is 20.0. The lowest BCUT2D eigenvalue weighted by atomic mass is 10.2. The van der Waals surface area contributed by atoms with Crippen molar-refractivity contribution in [2.24, 2.45) is 0 Å². The van der Waals surface area contributed by atoms with E-state index in [0.29, 0.717) is 25.1 Å². The zero-order valence-electron chi connectivity index (χ0n) is 16.1. The Morgan fingerprint density at radius 2 is 2.19 bits per heavy atom. The summed E-state index contributed by atoms with van der Waals surface area (Å²) >= 11 is 0. The van der Waals surface area contributed by atoms with Gasteiger partial charge in [0.2, 0.25) is 0 Å². The summed E-state index contributed by atoms with van der Waals surface area (Å²) in [5.41, 5.74) is -0.101. The van der Waals surface area contributed by atoms with E-state index >= 15 is 0 Å². The number of amides is 1. The minimum Gasteiger partial charge on any atom is -0.463 e. The third-order valence-corrected chi connectivity index (χ3v) is 3.74. The highest BCUT2D eigenvalue weighted by Crippen LogP contribution is 2.20. The van der Waals surface area contributed by atoms with E-state index in [0.717, 1.165) is 0 Å². The van der Waals surface area contributed by atoms with Gasteiger partial charge in [0.05, 0.1) is 6.61 Å². The van der Waals surface area contributed by atoms with Gasteiger partial charge in [0, 0.05) is 31.4 Å². The number of esters is 1. The molecule has 1 fully saturated rings. The lowest BCUT2D eigenvalue weighted by Crippen LogP contribution is -2.36. The third-order valence-electron chi connectivity index (χ3n) is 3.74. The Balaban J connectivity index is 1.93. The molecule has 0 saturated carbocycles. The van der Waals surface area contributed by atoms with Crippen molar-refractivity contribution < 1.29 is 23.5 Å². The lowest BCUT2D eigenvalue weighted by molar-refractivity contribution is -0.137. The number of nitrogens with zero attached hydrogens (tertiary/aromatic N) is 2. The first-order chi connectivity index (χ1) is 12.7. The van der Waals surface area contributed by atoms with Crippen molar-refractivity contribution in [3.63, 3.8) is 0 Å². The molecule has 1 aromatic heterocycles. The quantitative estimate of drug-likeness (QED) is 0.625. The maximum Gasteiger partial charge on any atom is 0.410 e. The minimum atomic E-state index is -0.552. The normalized spacial score (nSPS) is 17.2. The number of carbonyl (C=O) groups is 2. The smallest absolute Gasteiger partial charge is 0.410 e. The van der Waals surface area contributed by atoms with Crippen molar-refractivity contribution in [1.82, 2.24) is 9.88 Å². The van der Waals surface area contributed by atoms with Gasteiger partial charge in [-0.05, 0) is 51.8 Å². The zero-order valence-corrected chi connectivity index (χ0v) is 16.1. The van der Waals surface area contributed by atoms with Gasteiger partial charge < -0.3 is 19.7 Å². The molecule has 0 spiro atoms. The average molecular weight is 379 g/mol. The van der Waals surface area contributed by atoms with E-state index in [-0.39, 0.29) is 24.6 Å². The molecule has 0 unspecified atom stereocenters. The number of rotatable bonds is 5. The molecular weight excluding hydrogens is 353 g/mol. The SMILES string of the molecule is CCOC(=O)C=Cc1cnc(N[C@@H]2CCN(C(=O)OC(C)(C)C)C2)c(F)c1. The van der Waals surface area contributed by atoms with Gasteiger partial charge in [-0.25, -0.2) is 19.0 Å². The number of carbonyl (C=O) groups excluding carboxylic acids is 2. The van der Waals surface area contributed by atoms with Crippen LogP contribution in [0.25, 0.3) is 6.08 Å². The number of pyridine rings is 1. The number of nitrogens with one attached hydrogen (secondary N) is 1. The number of aromatic nitrogens is 1. The Morgan fingerprint density at radius 1 is 1.44 bits per heavy atom. The van der Waals surface area contributed by atoms with Crippen molar-refractivity contribution >= 4 is 24.0 Å². The largest absolute Gasteiger partial charge is 0.463 e. The van der Waals surface area contributed by atoms with Gasteiger partial charge in [-0.3, -0.25) is 0 Å². The highest BCUT2D eigenvalue weighted by molar-refractivity contribution is 5.87. The van der Waals surface area contributed by atoms with E-state index in [1.54, 1.807) is 11.8 Å².